The fourth-order valence-corrected chi connectivity index (χ4v) is 2.12. The Hall–Kier alpha value is -1.83. The maximum atomic E-state index is 9.63. The molecule has 4 heteroatoms. The lowest BCUT2D eigenvalue weighted by atomic mass is 9.62. The van der Waals surface area contributed by atoms with Gasteiger partial charge in [-0.3, -0.25) is 0 Å². The molecule has 100 valence electrons. The van der Waals surface area contributed by atoms with E-state index in [1.54, 1.807) is 12.1 Å². The molecule has 0 amide bonds. The van der Waals surface area contributed by atoms with E-state index in [1.807, 2.05) is 36.4 Å². The molecule has 0 fully saturated rings. The molecule has 0 saturated heterocycles. The topological polar surface area (TPSA) is 40.5 Å². The average Bonchev–Trinajstić information content (AvgIpc) is 2.46. The van der Waals surface area contributed by atoms with Crippen molar-refractivity contribution in [1.29, 1.82) is 0 Å². The highest BCUT2D eigenvalue weighted by Gasteiger charge is 2.03. The van der Waals surface area contributed by atoms with E-state index in [-0.39, 0.29) is 0 Å². The van der Waals surface area contributed by atoms with Gasteiger partial charge in [0, 0.05) is 0 Å². The highest BCUT2D eigenvalue weighted by Crippen LogP contribution is 2.07. The van der Waals surface area contributed by atoms with Gasteiger partial charge < -0.3 is 10.2 Å². The van der Waals surface area contributed by atoms with Gasteiger partial charge in [0.05, 0.1) is 0 Å². The van der Waals surface area contributed by atoms with Crippen molar-refractivity contribution in [2.75, 3.05) is 0 Å². The van der Waals surface area contributed by atoms with Crippen molar-refractivity contribution < 1.29 is 10.2 Å². The van der Waals surface area contributed by atoms with Gasteiger partial charge in [0.1, 0.15) is 11.5 Å². The molecule has 2 radical (unpaired) electrons. The van der Waals surface area contributed by atoms with Crippen LogP contribution < -0.4 is 10.9 Å². The number of rotatable bonds is 7. The molecule has 2 rings (SSSR count). The summed E-state index contributed by atoms with van der Waals surface area (Å²) >= 11 is 0. The molecule has 20 heavy (non-hydrogen) atoms. The van der Waals surface area contributed by atoms with Crippen LogP contribution in [0.3, 0.4) is 0 Å². The summed E-state index contributed by atoms with van der Waals surface area (Å²) in [5.74, 6) is 0.682. The van der Waals surface area contributed by atoms with Crippen LogP contribution in [0.25, 0.3) is 0 Å². The Kier molecular flexibility index (Phi) is 5.60. The van der Waals surface area contributed by atoms with Crippen LogP contribution in [0.5, 0.6) is 11.5 Å². The number of unbranched alkanes of at least 4 members (excludes halogenated alkanes) is 1. The summed E-state index contributed by atoms with van der Waals surface area (Å²) in [7, 11) is 4.13. The summed E-state index contributed by atoms with van der Waals surface area (Å²) in [6, 6.07) is 14.8. The molecular formula is C16H18B2O2. The molecule has 0 aliphatic rings. The second-order valence-electron chi connectivity index (χ2n) is 4.81. The highest BCUT2D eigenvalue weighted by molar-refractivity contribution is 6.55. The largest absolute Gasteiger partial charge is 0.509 e. The molecule has 0 aliphatic carbocycles. The van der Waals surface area contributed by atoms with E-state index in [1.165, 1.54) is 0 Å². The minimum absolute atomic E-state index is 0.341. The first-order valence-corrected chi connectivity index (χ1v) is 7.00. The number of aromatic hydroxyl groups is 2. The number of phenols is 2. The molecule has 2 aromatic carbocycles. The lowest BCUT2D eigenvalue weighted by Crippen LogP contribution is -2.15. The lowest BCUT2D eigenvalue weighted by Gasteiger charge is -2.04. The summed E-state index contributed by atoms with van der Waals surface area (Å²) in [5.41, 5.74) is 1.80. The predicted octanol–water partition coefficient (Wildman–Crippen LogP) is 2.07. The van der Waals surface area contributed by atoms with Crippen LogP contribution in [0.15, 0.2) is 48.5 Å². The summed E-state index contributed by atoms with van der Waals surface area (Å²) in [4.78, 5) is 0. The van der Waals surface area contributed by atoms with Crippen molar-refractivity contribution in [2.45, 2.75) is 25.5 Å². The Morgan fingerprint density at radius 1 is 0.650 bits per heavy atom. The van der Waals surface area contributed by atoms with E-state index < -0.39 is 0 Å². The number of benzene rings is 2. The predicted molar refractivity (Wildman–Crippen MR) is 85.8 cm³/mol. The van der Waals surface area contributed by atoms with Crippen LogP contribution in [0, 0.1) is 0 Å². The molecule has 0 saturated carbocycles. The number of para-hydroxylation sites is 2. The minimum atomic E-state index is 0.341. The van der Waals surface area contributed by atoms with Gasteiger partial charge in [0.2, 0.25) is 0 Å². The first kappa shape index (κ1) is 14.6. The van der Waals surface area contributed by atoms with E-state index in [2.05, 4.69) is 14.6 Å². The summed E-state index contributed by atoms with van der Waals surface area (Å²) in [6.07, 6.45) is 4.04. The van der Waals surface area contributed by atoms with Gasteiger partial charge in [-0.25, -0.2) is 0 Å². The zero-order chi connectivity index (χ0) is 14.2. The van der Waals surface area contributed by atoms with Crippen LogP contribution in [0.2, 0.25) is 12.6 Å². The van der Waals surface area contributed by atoms with Crippen molar-refractivity contribution >= 4 is 25.5 Å². The van der Waals surface area contributed by atoms with Gasteiger partial charge in [0.25, 0.3) is 0 Å². The fraction of sp³-hybridized carbons (Fsp3) is 0.250. The Morgan fingerprint density at radius 3 is 1.45 bits per heavy atom. The van der Waals surface area contributed by atoms with Crippen molar-refractivity contribution in [1.82, 2.24) is 0 Å². The van der Waals surface area contributed by atoms with Gasteiger partial charge in [-0.15, -0.1) is 0 Å². The zero-order valence-corrected chi connectivity index (χ0v) is 11.5. The first-order chi connectivity index (χ1) is 9.77. The second-order valence-corrected chi connectivity index (χ2v) is 4.81. The van der Waals surface area contributed by atoms with Gasteiger partial charge in [-0.05, 0) is 23.1 Å². The third-order valence-electron chi connectivity index (χ3n) is 3.26. The van der Waals surface area contributed by atoms with E-state index >= 15 is 0 Å². The molecule has 0 atom stereocenters. The highest BCUT2D eigenvalue weighted by atomic mass is 16.3. The SMILES string of the molecule is Oc1ccccc1[B]CCCC[B]c1ccccc1O. The van der Waals surface area contributed by atoms with E-state index in [0.29, 0.717) is 11.5 Å². The van der Waals surface area contributed by atoms with Crippen LogP contribution in [-0.4, -0.2) is 24.8 Å². The van der Waals surface area contributed by atoms with Crippen LogP contribution in [0.4, 0.5) is 0 Å². The first-order valence-electron chi connectivity index (χ1n) is 7.00. The maximum Gasteiger partial charge on any atom is 0.156 e. The summed E-state index contributed by atoms with van der Waals surface area (Å²) < 4.78 is 0. The molecule has 0 aliphatic heterocycles. The maximum absolute atomic E-state index is 9.63. The van der Waals surface area contributed by atoms with E-state index in [9.17, 15) is 10.2 Å². The normalized spacial score (nSPS) is 10.2. The molecule has 2 aromatic rings. The third-order valence-corrected chi connectivity index (χ3v) is 3.26. The Bertz CT molecular complexity index is 494. The van der Waals surface area contributed by atoms with E-state index in [0.717, 1.165) is 36.4 Å². The Morgan fingerprint density at radius 2 is 1.05 bits per heavy atom. The Labute approximate surface area is 122 Å². The molecule has 0 heterocycles. The van der Waals surface area contributed by atoms with Gasteiger partial charge >= 0.3 is 0 Å². The second kappa shape index (κ2) is 7.68. The minimum Gasteiger partial charge on any atom is -0.509 e. The summed E-state index contributed by atoms with van der Waals surface area (Å²) in [5, 5.41) is 19.3. The van der Waals surface area contributed by atoms with Crippen molar-refractivity contribution in [3.8, 4) is 11.5 Å². The van der Waals surface area contributed by atoms with Crippen LogP contribution >= 0.6 is 0 Å². The zero-order valence-electron chi connectivity index (χ0n) is 11.5. The lowest BCUT2D eigenvalue weighted by molar-refractivity contribution is 0.479. The molecule has 2 nitrogen and oxygen atoms in total. The smallest absolute Gasteiger partial charge is 0.156 e. The molecule has 2 N–H and O–H groups in total. The monoisotopic (exact) mass is 264 g/mol. The van der Waals surface area contributed by atoms with Crippen molar-refractivity contribution in [3.05, 3.63) is 48.5 Å². The quantitative estimate of drug-likeness (QED) is 0.593. The van der Waals surface area contributed by atoms with Crippen LogP contribution in [-0.2, 0) is 0 Å². The van der Waals surface area contributed by atoms with Crippen molar-refractivity contribution in [3.63, 3.8) is 0 Å². The van der Waals surface area contributed by atoms with Gasteiger partial charge in [-0.1, -0.05) is 61.9 Å². The van der Waals surface area contributed by atoms with Crippen molar-refractivity contribution in [2.24, 2.45) is 0 Å². The van der Waals surface area contributed by atoms with Gasteiger partial charge in [0.15, 0.2) is 14.6 Å². The molecule has 0 bridgehead atoms. The molecule has 0 aromatic heterocycles. The Balaban J connectivity index is 1.63. The number of phenolic OH excluding ortho intramolecular Hbond substituents is 2. The number of hydrogen-bond acceptors (Lipinski definition) is 2. The van der Waals surface area contributed by atoms with Crippen LogP contribution in [0.1, 0.15) is 12.8 Å². The molecule has 0 unspecified atom stereocenters. The van der Waals surface area contributed by atoms with Gasteiger partial charge in [-0.2, -0.15) is 0 Å². The molecular weight excluding hydrogens is 246 g/mol. The fourth-order valence-electron chi connectivity index (χ4n) is 2.12. The van der Waals surface area contributed by atoms with E-state index in [4.69, 9.17) is 0 Å². The number of hydrogen-bond donors (Lipinski definition) is 2. The standard InChI is InChI=1S/C16H18B2O2/c19-15-9-3-1-7-13(15)17-11-5-6-12-18-14-8-2-4-10-16(14)20/h1-4,7-10,19-20H,5-6,11-12H2. The average molecular weight is 264 g/mol. The summed E-state index contributed by atoms with van der Waals surface area (Å²) in [6.45, 7) is 0. The molecule has 0 spiro atoms. The third kappa shape index (κ3) is 4.37.